The van der Waals surface area contributed by atoms with E-state index in [0.29, 0.717) is 22.1 Å². The highest BCUT2D eigenvalue weighted by Gasteiger charge is 2.42. The molecule has 0 N–H and O–H groups in total. The van der Waals surface area contributed by atoms with Crippen molar-refractivity contribution in [3.63, 3.8) is 0 Å². The average Bonchev–Trinajstić information content (AvgIpc) is 2.92. The molecule has 0 aromatic heterocycles. The smallest absolute Gasteiger partial charge is 0.286 e. The predicted molar refractivity (Wildman–Crippen MR) is 92.9 cm³/mol. The van der Waals surface area contributed by atoms with Crippen LogP contribution in [0.15, 0.2) is 59.2 Å². The molecule has 0 saturated carbocycles. The van der Waals surface area contributed by atoms with Gasteiger partial charge < -0.3 is 4.90 Å². The van der Waals surface area contributed by atoms with Gasteiger partial charge in [0.2, 0.25) is 5.96 Å². The Kier molecular flexibility index (Phi) is 3.25. The minimum absolute atomic E-state index is 0.186. The topological polar surface area (TPSA) is 53.0 Å². The zero-order chi connectivity index (χ0) is 16.8. The fraction of sp³-hybridized carbons (Fsp3) is 0.0556. The van der Waals surface area contributed by atoms with E-state index in [1.807, 2.05) is 24.3 Å². The van der Waals surface area contributed by atoms with Crippen LogP contribution in [-0.2, 0) is 4.79 Å². The number of rotatable bonds is 1. The largest absolute Gasteiger partial charge is 0.314 e. The van der Waals surface area contributed by atoms with Crippen LogP contribution in [0, 0.1) is 0 Å². The fourth-order valence-electron chi connectivity index (χ4n) is 2.83. The van der Waals surface area contributed by atoms with Gasteiger partial charge in [-0.05, 0) is 29.8 Å². The number of guanidine groups is 1. The van der Waals surface area contributed by atoms with Crippen molar-refractivity contribution in [2.24, 2.45) is 4.99 Å². The van der Waals surface area contributed by atoms with Crippen LogP contribution in [-0.4, -0.2) is 29.7 Å². The Hall–Kier alpha value is -2.92. The quantitative estimate of drug-likeness (QED) is 0.593. The molecule has 118 valence electrons. The number of carbonyl (C=O) groups is 2. The zero-order valence-electron chi connectivity index (χ0n) is 12.7. The maximum atomic E-state index is 12.7. The molecule has 2 amide bonds. The number of anilines is 1. The molecule has 0 fully saturated rings. The molecule has 6 heteroatoms. The Balaban J connectivity index is 1.82. The lowest BCUT2D eigenvalue weighted by molar-refractivity contribution is -0.121. The van der Waals surface area contributed by atoms with Crippen LogP contribution in [0.3, 0.4) is 0 Å². The maximum absolute atomic E-state index is 12.7. The first-order valence-electron chi connectivity index (χ1n) is 7.34. The molecule has 0 aliphatic carbocycles. The second kappa shape index (κ2) is 5.32. The third kappa shape index (κ3) is 2.06. The molecule has 0 bridgehead atoms. The minimum atomic E-state index is -0.448. The van der Waals surface area contributed by atoms with Crippen molar-refractivity contribution in [3.8, 4) is 0 Å². The Labute approximate surface area is 143 Å². The van der Waals surface area contributed by atoms with Crippen LogP contribution in [0.5, 0.6) is 0 Å². The van der Waals surface area contributed by atoms with E-state index in [-0.39, 0.29) is 11.6 Å². The van der Waals surface area contributed by atoms with Crippen molar-refractivity contribution in [1.82, 2.24) is 4.90 Å². The third-order valence-corrected chi connectivity index (χ3v) is 4.38. The summed E-state index contributed by atoms with van der Waals surface area (Å²) < 4.78 is 0. The highest BCUT2D eigenvalue weighted by Crippen LogP contribution is 2.32. The number of hydrogen-bond acceptors (Lipinski definition) is 4. The van der Waals surface area contributed by atoms with Gasteiger partial charge in [-0.2, -0.15) is 0 Å². The molecule has 2 aromatic carbocycles. The van der Waals surface area contributed by atoms with Crippen LogP contribution in [0.1, 0.15) is 15.9 Å². The summed E-state index contributed by atoms with van der Waals surface area (Å²) in [5, 5.41) is 0.519. The van der Waals surface area contributed by atoms with Crippen molar-refractivity contribution in [1.29, 1.82) is 0 Å². The molecule has 0 radical (unpaired) electrons. The van der Waals surface area contributed by atoms with Crippen LogP contribution in [0.2, 0.25) is 5.02 Å². The van der Waals surface area contributed by atoms with E-state index in [0.717, 1.165) is 10.6 Å². The fourth-order valence-corrected chi connectivity index (χ4v) is 3.02. The van der Waals surface area contributed by atoms with Crippen LogP contribution >= 0.6 is 11.6 Å². The van der Waals surface area contributed by atoms with Gasteiger partial charge in [0.1, 0.15) is 5.70 Å². The number of benzene rings is 2. The summed E-state index contributed by atoms with van der Waals surface area (Å²) in [5.74, 6) is -0.506. The molecule has 2 aliphatic heterocycles. The van der Waals surface area contributed by atoms with Crippen LogP contribution in [0.4, 0.5) is 5.69 Å². The summed E-state index contributed by atoms with van der Waals surface area (Å²) in [6.07, 6.45) is 1.60. The normalized spacial score (nSPS) is 17.9. The molecular weight excluding hydrogens is 326 g/mol. The van der Waals surface area contributed by atoms with Gasteiger partial charge in [-0.15, -0.1) is 0 Å². The van der Waals surface area contributed by atoms with E-state index in [4.69, 9.17) is 11.6 Å². The second-order valence-corrected chi connectivity index (χ2v) is 5.89. The maximum Gasteiger partial charge on any atom is 0.286 e. The molecule has 2 aliphatic rings. The molecule has 24 heavy (non-hydrogen) atoms. The number of carbonyl (C=O) groups excluding carboxylic acids is 2. The molecular formula is C18H12ClN3O2. The van der Waals surface area contributed by atoms with E-state index < -0.39 is 5.91 Å². The van der Waals surface area contributed by atoms with Gasteiger partial charge in [-0.25, -0.2) is 9.89 Å². The third-order valence-electron chi connectivity index (χ3n) is 4.04. The van der Waals surface area contributed by atoms with E-state index in [2.05, 4.69) is 4.99 Å². The first-order chi connectivity index (χ1) is 11.6. The van der Waals surface area contributed by atoms with E-state index in [1.54, 1.807) is 42.3 Å². The lowest BCUT2D eigenvalue weighted by Gasteiger charge is -2.31. The summed E-state index contributed by atoms with van der Waals surface area (Å²) in [7, 11) is 1.78. The number of amides is 2. The van der Waals surface area contributed by atoms with Crippen LogP contribution < -0.4 is 4.90 Å². The van der Waals surface area contributed by atoms with Gasteiger partial charge in [-0.3, -0.25) is 9.59 Å². The number of halogens is 1. The van der Waals surface area contributed by atoms with E-state index in [1.165, 1.54) is 0 Å². The highest BCUT2D eigenvalue weighted by atomic mass is 35.5. The van der Waals surface area contributed by atoms with Gasteiger partial charge in [0, 0.05) is 12.1 Å². The Bertz CT molecular complexity index is 949. The number of fused-ring (bicyclic) bond motifs is 2. The lowest BCUT2D eigenvalue weighted by atomic mass is 10.1. The monoisotopic (exact) mass is 337 g/mol. The molecule has 4 rings (SSSR count). The summed E-state index contributed by atoms with van der Waals surface area (Å²) in [5.41, 5.74) is 2.07. The number of nitrogens with zero attached hydrogens (tertiary/aromatic N) is 3. The van der Waals surface area contributed by atoms with Crippen LogP contribution in [0.25, 0.3) is 6.08 Å². The minimum Gasteiger partial charge on any atom is -0.314 e. The van der Waals surface area contributed by atoms with Gasteiger partial charge in [-0.1, -0.05) is 41.9 Å². The van der Waals surface area contributed by atoms with Crippen molar-refractivity contribution in [2.45, 2.75) is 0 Å². The zero-order valence-corrected chi connectivity index (χ0v) is 13.5. The number of para-hydroxylation sites is 1. The van der Waals surface area contributed by atoms with E-state index in [9.17, 15) is 9.59 Å². The molecule has 0 saturated heterocycles. The Morgan fingerprint density at radius 3 is 2.50 bits per heavy atom. The Morgan fingerprint density at radius 2 is 1.71 bits per heavy atom. The molecule has 2 heterocycles. The molecule has 0 atom stereocenters. The van der Waals surface area contributed by atoms with Gasteiger partial charge in [0.25, 0.3) is 11.8 Å². The van der Waals surface area contributed by atoms with Crippen molar-refractivity contribution in [2.75, 3.05) is 11.9 Å². The first-order valence-corrected chi connectivity index (χ1v) is 7.72. The van der Waals surface area contributed by atoms with Crippen molar-refractivity contribution < 1.29 is 9.59 Å². The number of imide groups is 1. The summed E-state index contributed by atoms with van der Waals surface area (Å²) in [6.45, 7) is 0. The highest BCUT2D eigenvalue weighted by molar-refractivity contribution is 6.34. The van der Waals surface area contributed by atoms with Crippen molar-refractivity contribution in [3.05, 3.63) is 70.4 Å². The Morgan fingerprint density at radius 1 is 1.00 bits per heavy atom. The van der Waals surface area contributed by atoms with Gasteiger partial charge >= 0.3 is 0 Å². The molecule has 2 aromatic rings. The van der Waals surface area contributed by atoms with Gasteiger partial charge in [0.15, 0.2) is 0 Å². The summed E-state index contributed by atoms with van der Waals surface area (Å²) in [4.78, 5) is 32.5. The van der Waals surface area contributed by atoms with E-state index >= 15 is 0 Å². The predicted octanol–water partition coefficient (Wildman–Crippen LogP) is 3.17. The molecule has 5 nitrogen and oxygen atoms in total. The van der Waals surface area contributed by atoms with Gasteiger partial charge in [0.05, 0.1) is 11.3 Å². The number of aliphatic imine (C=N–C) groups is 1. The second-order valence-electron chi connectivity index (χ2n) is 5.48. The first kappa shape index (κ1) is 14.7. The molecule has 0 unspecified atom stereocenters. The SMILES string of the molecule is CN1C2=NC(=Cc3ccccc3Cl)C(=O)N2C(=O)c2ccccc21. The number of hydrogen-bond donors (Lipinski definition) is 0. The standard InChI is InChI=1S/C18H12ClN3O2/c1-21-15-9-5-3-7-12(15)16(23)22-17(24)14(20-18(21)22)10-11-6-2-4-8-13(11)19/h2-10H,1H3. The van der Waals surface area contributed by atoms with Crippen molar-refractivity contribution >= 4 is 41.1 Å². The lowest BCUT2D eigenvalue weighted by Crippen LogP contribution is -2.50. The average molecular weight is 338 g/mol. The summed E-state index contributed by atoms with van der Waals surface area (Å²) in [6, 6.07) is 14.3. The molecule has 0 spiro atoms. The summed E-state index contributed by atoms with van der Waals surface area (Å²) >= 11 is 6.14.